The topological polar surface area (TPSA) is 47.5 Å². The molecule has 12 rings (SSSR count). The minimum Gasteiger partial charge on any atom is -0.307 e. The van der Waals surface area contributed by atoms with E-state index in [0.29, 0.717) is 17.5 Å². The molecular formula is C51H31N5. The Morgan fingerprint density at radius 1 is 0.250 bits per heavy atom. The molecule has 0 fully saturated rings. The lowest BCUT2D eigenvalue weighted by molar-refractivity contribution is 1.07. The monoisotopic (exact) mass is 713 g/mol. The summed E-state index contributed by atoms with van der Waals surface area (Å²) in [5.74, 6) is 1.95. The molecule has 0 N–H and O–H groups in total. The Bertz CT molecular complexity index is 3450. The molecule has 0 amide bonds. The van der Waals surface area contributed by atoms with Crippen molar-refractivity contribution in [1.29, 1.82) is 0 Å². The number of hydrogen-bond acceptors (Lipinski definition) is 3. The maximum absolute atomic E-state index is 4.98. The van der Waals surface area contributed by atoms with Gasteiger partial charge in [-0.2, -0.15) is 0 Å². The highest BCUT2D eigenvalue weighted by atomic mass is 15.0. The molecule has 5 nitrogen and oxygen atoms in total. The quantitative estimate of drug-likeness (QED) is 0.182. The minimum atomic E-state index is 0.642. The Labute approximate surface area is 321 Å². The van der Waals surface area contributed by atoms with Crippen LogP contribution in [-0.2, 0) is 0 Å². The summed E-state index contributed by atoms with van der Waals surface area (Å²) in [6.45, 7) is 0. The summed E-state index contributed by atoms with van der Waals surface area (Å²) in [6.07, 6.45) is 0. The predicted molar refractivity (Wildman–Crippen MR) is 231 cm³/mol. The first-order valence-corrected chi connectivity index (χ1v) is 19.0. The fraction of sp³-hybridized carbons (Fsp3) is 0. The Morgan fingerprint density at radius 3 is 1.14 bits per heavy atom. The molecule has 0 aliphatic rings. The third-order valence-electron chi connectivity index (χ3n) is 11.3. The van der Waals surface area contributed by atoms with Crippen LogP contribution in [0, 0.1) is 0 Å². The highest BCUT2D eigenvalue weighted by Crippen LogP contribution is 2.42. The van der Waals surface area contributed by atoms with E-state index < -0.39 is 0 Å². The lowest BCUT2D eigenvalue weighted by Crippen LogP contribution is -2.00. The standard InChI is InChI=1S/C51H31N5/c1-3-14-33(15-4-1)49-52-50(34-16-5-2-6-17-34)54-51(53-49)35-28-26-32(27-29-35)36-30-41-38-19-8-11-23-44(38)55-43-22-10-7-18-37(43)40-21-13-25-46(48(40)55)56-45-24-12-9-20-39(45)42(31-36)47(41)56/h1-31H. The van der Waals surface area contributed by atoms with Crippen LogP contribution in [0.1, 0.15) is 0 Å². The minimum absolute atomic E-state index is 0.642. The second kappa shape index (κ2) is 11.9. The molecule has 0 saturated heterocycles. The van der Waals surface area contributed by atoms with Crippen molar-refractivity contribution in [3.8, 4) is 45.3 Å². The molecule has 4 heterocycles. The SMILES string of the molecule is c1ccc(-c2nc(-c3ccccc3)nc(-c3ccc(-c4cc5c6ccccc6n6c7cccc8c9ccccc9n(c9ccccc9c(c4)c56)c87)cc3)n2)cc1. The maximum Gasteiger partial charge on any atom is 0.164 e. The van der Waals surface area contributed by atoms with E-state index >= 15 is 0 Å². The molecule has 0 aliphatic heterocycles. The molecule has 0 unspecified atom stereocenters. The van der Waals surface area contributed by atoms with Gasteiger partial charge in [0.05, 0.1) is 33.1 Å². The number of aromatic nitrogens is 5. The first-order valence-electron chi connectivity index (χ1n) is 19.0. The van der Waals surface area contributed by atoms with Crippen molar-refractivity contribution in [2.24, 2.45) is 0 Å². The van der Waals surface area contributed by atoms with Gasteiger partial charge in [-0.05, 0) is 47.5 Å². The Balaban J connectivity index is 1.12. The van der Waals surface area contributed by atoms with E-state index in [1.165, 1.54) is 65.4 Å². The summed E-state index contributed by atoms with van der Waals surface area (Å²) in [4.78, 5) is 14.9. The van der Waals surface area contributed by atoms with Crippen LogP contribution in [0.15, 0.2) is 188 Å². The average molecular weight is 714 g/mol. The van der Waals surface area contributed by atoms with Gasteiger partial charge in [-0.3, -0.25) is 0 Å². The molecule has 4 aromatic heterocycles. The molecule has 0 radical (unpaired) electrons. The van der Waals surface area contributed by atoms with E-state index in [9.17, 15) is 0 Å². The molecule has 8 aromatic carbocycles. The predicted octanol–water partition coefficient (Wildman–Crippen LogP) is 12.8. The van der Waals surface area contributed by atoms with Crippen LogP contribution in [0.5, 0.6) is 0 Å². The van der Waals surface area contributed by atoms with Gasteiger partial charge < -0.3 is 8.80 Å². The Morgan fingerprint density at radius 2 is 0.625 bits per heavy atom. The highest BCUT2D eigenvalue weighted by Gasteiger charge is 2.20. The lowest BCUT2D eigenvalue weighted by Gasteiger charge is -2.12. The number of fused-ring (bicyclic) bond motifs is 10. The van der Waals surface area contributed by atoms with Crippen LogP contribution in [0.4, 0.5) is 0 Å². The molecule has 260 valence electrons. The number of rotatable bonds is 4. The summed E-state index contributed by atoms with van der Waals surface area (Å²) in [7, 11) is 0. The zero-order valence-corrected chi connectivity index (χ0v) is 30.1. The van der Waals surface area contributed by atoms with Crippen molar-refractivity contribution in [2.75, 3.05) is 0 Å². The summed E-state index contributed by atoms with van der Waals surface area (Å²) < 4.78 is 4.97. The van der Waals surface area contributed by atoms with E-state index in [1.807, 2.05) is 60.7 Å². The zero-order valence-electron chi connectivity index (χ0n) is 30.1. The molecule has 0 bridgehead atoms. The van der Waals surface area contributed by atoms with Crippen LogP contribution in [0.2, 0.25) is 0 Å². The third kappa shape index (κ3) is 4.52. The number of nitrogens with zero attached hydrogens (tertiary/aromatic N) is 5. The van der Waals surface area contributed by atoms with E-state index in [2.05, 4.69) is 136 Å². The van der Waals surface area contributed by atoms with Crippen molar-refractivity contribution in [2.45, 2.75) is 0 Å². The molecular weight excluding hydrogens is 683 g/mol. The Kier molecular flexibility index (Phi) is 6.56. The molecule has 12 aromatic rings. The number of hydrogen-bond donors (Lipinski definition) is 0. The van der Waals surface area contributed by atoms with Gasteiger partial charge in [-0.15, -0.1) is 0 Å². The normalized spacial score (nSPS) is 11.9. The molecule has 0 saturated carbocycles. The second-order valence-corrected chi connectivity index (χ2v) is 14.4. The van der Waals surface area contributed by atoms with Crippen LogP contribution in [-0.4, -0.2) is 23.8 Å². The Hall–Kier alpha value is -7.63. The maximum atomic E-state index is 4.98. The second-order valence-electron chi connectivity index (χ2n) is 14.4. The summed E-state index contributed by atoms with van der Waals surface area (Å²) in [6, 6.07) is 66.9. The van der Waals surface area contributed by atoms with Crippen molar-refractivity contribution in [1.82, 2.24) is 23.8 Å². The summed E-state index contributed by atoms with van der Waals surface area (Å²) >= 11 is 0. The van der Waals surface area contributed by atoms with Crippen molar-refractivity contribution in [3.05, 3.63) is 188 Å². The third-order valence-corrected chi connectivity index (χ3v) is 11.3. The number of benzene rings is 8. The zero-order chi connectivity index (χ0) is 36.7. The lowest BCUT2D eigenvalue weighted by atomic mass is 9.97. The van der Waals surface area contributed by atoms with Crippen molar-refractivity contribution >= 4 is 65.4 Å². The van der Waals surface area contributed by atoms with E-state index in [1.54, 1.807) is 0 Å². The molecule has 0 spiro atoms. The van der Waals surface area contributed by atoms with Crippen LogP contribution in [0.25, 0.3) is 111 Å². The highest BCUT2D eigenvalue weighted by molar-refractivity contribution is 6.24. The average Bonchev–Trinajstić information content (AvgIpc) is 3.79. The van der Waals surface area contributed by atoms with Crippen LogP contribution in [0.3, 0.4) is 0 Å². The van der Waals surface area contributed by atoms with Gasteiger partial charge in [0.1, 0.15) is 0 Å². The molecule has 56 heavy (non-hydrogen) atoms. The van der Waals surface area contributed by atoms with Crippen LogP contribution < -0.4 is 0 Å². The van der Waals surface area contributed by atoms with Gasteiger partial charge in [-0.25, -0.2) is 15.0 Å². The molecule has 0 atom stereocenters. The van der Waals surface area contributed by atoms with Gasteiger partial charge in [0, 0.05) is 49.0 Å². The fourth-order valence-corrected chi connectivity index (χ4v) is 8.80. The first-order chi connectivity index (χ1) is 27.8. The first kappa shape index (κ1) is 30.8. The number of para-hydroxylation sites is 4. The van der Waals surface area contributed by atoms with Crippen molar-refractivity contribution in [3.63, 3.8) is 0 Å². The van der Waals surface area contributed by atoms with E-state index in [0.717, 1.165) is 27.8 Å². The smallest absolute Gasteiger partial charge is 0.164 e. The summed E-state index contributed by atoms with van der Waals surface area (Å²) in [5, 5.41) is 7.36. The van der Waals surface area contributed by atoms with Crippen molar-refractivity contribution < 1.29 is 0 Å². The van der Waals surface area contributed by atoms with Gasteiger partial charge in [0.15, 0.2) is 17.5 Å². The molecule has 5 heteroatoms. The van der Waals surface area contributed by atoms with E-state index in [-0.39, 0.29) is 0 Å². The van der Waals surface area contributed by atoms with Gasteiger partial charge in [-0.1, -0.05) is 152 Å². The van der Waals surface area contributed by atoms with E-state index in [4.69, 9.17) is 15.0 Å². The molecule has 0 aliphatic carbocycles. The summed E-state index contributed by atoms with van der Waals surface area (Å²) in [5.41, 5.74) is 12.3. The van der Waals surface area contributed by atoms with Gasteiger partial charge >= 0.3 is 0 Å². The van der Waals surface area contributed by atoms with Gasteiger partial charge in [0.2, 0.25) is 0 Å². The van der Waals surface area contributed by atoms with Gasteiger partial charge in [0.25, 0.3) is 0 Å². The largest absolute Gasteiger partial charge is 0.307 e. The van der Waals surface area contributed by atoms with Crippen LogP contribution >= 0.6 is 0 Å². The fourth-order valence-electron chi connectivity index (χ4n) is 8.80.